The number of amides is 1. The standard InChI is InChI=1S/C14H15ClN2O2/c1-9(8-18)17(2)14(19)12-6-4-10-3-5-11(15)7-13(10)16-12/h3-7,9,18H,8H2,1-2H3. The van der Waals surface area contributed by atoms with Gasteiger partial charge in [0.2, 0.25) is 0 Å². The molecule has 0 aliphatic rings. The lowest BCUT2D eigenvalue weighted by Gasteiger charge is -2.22. The van der Waals surface area contributed by atoms with Crippen LogP contribution in [-0.2, 0) is 0 Å². The zero-order valence-corrected chi connectivity index (χ0v) is 11.6. The van der Waals surface area contributed by atoms with Gasteiger partial charge in [-0.1, -0.05) is 23.7 Å². The predicted molar refractivity (Wildman–Crippen MR) is 75.4 cm³/mol. The normalized spacial score (nSPS) is 12.4. The Morgan fingerprint density at radius 1 is 1.42 bits per heavy atom. The van der Waals surface area contributed by atoms with Crippen LogP contribution < -0.4 is 0 Å². The molecule has 2 rings (SSSR count). The summed E-state index contributed by atoms with van der Waals surface area (Å²) in [7, 11) is 1.65. The minimum Gasteiger partial charge on any atom is -0.394 e. The van der Waals surface area contributed by atoms with Gasteiger partial charge in [0.25, 0.3) is 5.91 Å². The van der Waals surface area contributed by atoms with E-state index in [1.165, 1.54) is 4.90 Å². The molecule has 0 aliphatic heterocycles. The third-order valence-electron chi connectivity index (χ3n) is 3.12. The molecule has 0 spiro atoms. The van der Waals surface area contributed by atoms with E-state index >= 15 is 0 Å². The Morgan fingerprint density at radius 2 is 2.11 bits per heavy atom. The Balaban J connectivity index is 2.37. The summed E-state index contributed by atoms with van der Waals surface area (Å²) in [6.07, 6.45) is 0. The maximum absolute atomic E-state index is 12.2. The summed E-state index contributed by atoms with van der Waals surface area (Å²) in [6.45, 7) is 1.69. The molecule has 0 radical (unpaired) electrons. The van der Waals surface area contributed by atoms with Crippen molar-refractivity contribution in [1.29, 1.82) is 0 Å². The van der Waals surface area contributed by atoms with Gasteiger partial charge in [-0.3, -0.25) is 4.79 Å². The average molecular weight is 279 g/mol. The summed E-state index contributed by atoms with van der Waals surface area (Å²) in [5.41, 5.74) is 1.03. The maximum atomic E-state index is 12.2. The number of aliphatic hydroxyl groups excluding tert-OH is 1. The third-order valence-corrected chi connectivity index (χ3v) is 3.35. The fraction of sp³-hybridized carbons (Fsp3) is 0.286. The van der Waals surface area contributed by atoms with Crippen LogP contribution in [0.5, 0.6) is 0 Å². The first kappa shape index (κ1) is 13.8. The fourth-order valence-electron chi connectivity index (χ4n) is 1.71. The summed E-state index contributed by atoms with van der Waals surface area (Å²) in [5.74, 6) is -0.219. The number of likely N-dealkylation sites (N-methyl/N-ethyl adjacent to an activating group) is 1. The number of rotatable bonds is 3. The predicted octanol–water partition coefficient (Wildman–Crippen LogP) is 2.34. The van der Waals surface area contributed by atoms with E-state index in [-0.39, 0.29) is 18.6 Å². The summed E-state index contributed by atoms with van der Waals surface area (Å²) < 4.78 is 0. The smallest absolute Gasteiger partial charge is 0.272 e. The van der Waals surface area contributed by atoms with E-state index in [2.05, 4.69) is 4.98 Å². The molecule has 1 unspecified atom stereocenters. The molecule has 2 aromatic rings. The highest BCUT2D eigenvalue weighted by Crippen LogP contribution is 2.18. The minimum atomic E-state index is -0.246. The Labute approximate surface area is 116 Å². The second kappa shape index (κ2) is 5.55. The average Bonchev–Trinajstić information content (AvgIpc) is 2.43. The van der Waals surface area contributed by atoms with Crippen molar-refractivity contribution < 1.29 is 9.90 Å². The van der Waals surface area contributed by atoms with Crippen molar-refractivity contribution in [3.05, 3.63) is 41.0 Å². The van der Waals surface area contributed by atoms with Crippen LogP contribution in [0.3, 0.4) is 0 Å². The second-order valence-corrected chi connectivity index (χ2v) is 4.92. The van der Waals surface area contributed by atoms with Crippen LogP contribution in [0.1, 0.15) is 17.4 Å². The van der Waals surface area contributed by atoms with Crippen LogP contribution >= 0.6 is 11.6 Å². The first-order valence-electron chi connectivity index (χ1n) is 5.97. The first-order valence-corrected chi connectivity index (χ1v) is 6.35. The van der Waals surface area contributed by atoms with Crippen molar-refractivity contribution in [1.82, 2.24) is 9.88 Å². The highest BCUT2D eigenvalue weighted by molar-refractivity contribution is 6.31. The summed E-state index contributed by atoms with van der Waals surface area (Å²) in [5, 5.41) is 10.6. The fourth-order valence-corrected chi connectivity index (χ4v) is 1.88. The lowest BCUT2D eigenvalue weighted by Crippen LogP contribution is -2.37. The van der Waals surface area contributed by atoms with Crippen LogP contribution in [0, 0.1) is 0 Å². The van der Waals surface area contributed by atoms with Gasteiger partial charge in [-0.2, -0.15) is 0 Å². The molecule has 0 saturated carbocycles. The maximum Gasteiger partial charge on any atom is 0.272 e. The molecule has 1 aromatic heterocycles. The number of nitrogens with zero attached hydrogens (tertiary/aromatic N) is 2. The monoisotopic (exact) mass is 278 g/mol. The number of hydrogen-bond donors (Lipinski definition) is 1. The summed E-state index contributed by atoms with van der Waals surface area (Å²) in [6, 6.07) is 8.64. The quantitative estimate of drug-likeness (QED) is 0.938. The Bertz CT molecular complexity index is 615. The van der Waals surface area contributed by atoms with Crippen LogP contribution in [0.4, 0.5) is 0 Å². The first-order chi connectivity index (χ1) is 9.02. The highest BCUT2D eigenvalue weighted by Gasteiger charge is 2.18. The van der Waals surface area contributed by atoms with Crippen molar-refractivity contribution in [2.24, 2.45) is 0 Å². The molecule has 1 heterocycles. The summed E-state index contributed by atoms with van der Waals surface area (Å²) >= 11 is 5.92. The molecule has 1 N–H and O–H groups in total. The van der Waals surface area contributed by atoms with E-state index in [1.54, 1.807) is 32.2 Å². The molecule has 100 valence electrons. The molecular formula is C14H15ClN2O2. The number of halogens is 1. The van der Waals surface area contributed by atoms with E-state index in [0.717, 1.165) is 5.39 Å². The molecule has 1 aromatic carbocycles. The van der Waals surface area contributed by atoms with Crippen LogP contribution in [0.25, 0.3) is 10.9 Å². The lowest BCUT2D eigenvalue weighted by atomic mass is 10.2. The highest BCUT2D eigenvalue weighted by atomic mass is 35.5. The number of fused-ring (bicyclic) bond motifs is 1. The Hall–Kier alpha value is -1.65. The van der Waals surface area contributed by atoms with Gasteiger partial charge in [0.1, 0.15) is 5.69 Å². The number of carbonyl (C=O) groups excluding carboxylic acids is 1. The molecule has 0 fully saturated rings. The van der Waals surface area contributed by atoms with E-state index in [9.17, 15) is 4.79 Å². The summed E-state index contributed by atoms with van der Waals surface area (Å²) in [4.78, 5) is 18.0. The van der Waals surface area contributed by atoms with Crippen molar-refractivity contribution >= 4 is 28.4 Å². The molecule has 1 atom stereocenters. The Kier molecular flexibility index (Phi) is 4.02. The molecule has 19 heavy (non-hydrogen) atoms. The van der Waals surface area contributed by atoms with E-state index in [4.69, 9.17) is 16.7 Å². The van der Waals surface area contributed by atoms with Crippen molar-refractivity contribution in [3.8, 4) is 0 Å². The number of carbonyl (C=O) groups is 1. The van der Waals surface area contributed by atoms with Gasteiger partial charge in [0, 0.05) is 17.5 Å². The minimum absolute atomic E-state index is 0.0817. The topological polar surface area (TPSA) is 53.4 Å². The SMILES string of the molecule is CC(CO)N(C)C(=O)c1ccc2ccc(Cl)cc2n1. The Morgan fingerprint density at radius 3 is 2.79 bits per heavy atom. The van der Waals surface area contributed by atoms with Gasteiger partial charge in [0.15, 0.2) is 0 Å². The van der Waals surface area contributed by atoms with Crippen LogP contribution in [0.15, 0.2) is 30.3 Å². The van der Waals surface area contributed by atoms with E-state index in [0.29, 0.717) is 16.2 Å². The zero-order chi connectivity index (χ0) is 14.0. The number of aliphatic hydroxyl groups is 1. The van der Waals surface area contributed by atoms with Gasteiger partial charge in [0.05, 0.1) is 18.2 Å². The molecule has 0 bridgehead atoms. The number of aromatic nitrogens is 1. The lowest BCUT2D eigenvalue weighted by molar-refractivity contribution is 0.0677. The molecule has 4 nitrogen and oxygen atoms in total. The largest absolute Gasteiger partial charge is 0.394 e. The van der Waals surface area contributed by atoms with Crippen LogP contribution in [0.2, 0.25) is 5.02 Å². The van der Waals surface area contributed by atoms with E-state index in [1.807, 2.05) is 12.1 Å². The van der Waals surface area contributed by atoms with E-state index < -0.39 is 0 Å². The molecule has 0 saturated heterocycles. The molecule has 5 heteroatoms. The van der Waals surface area contributed by atoms with Gasteiger partial charge >= 0.3 is 0 Å². The van der Waals surface area contributed by atoms with Gasteiger partial charge < -0.3 is 10.0 Å². The van der Waals surface area contributed by atoms with Crippen molar-refractivity contribution in [2.75, 3.05) is 13.7 Å². The molecule has 0 aliphatic carbocycles. The van der Waals surface area contributed by atoms with Gasteiger partial charge in [-0.15, -0.1) is 0 Å². The second-order valence-electron chi connectivity index (χ2n) is 4.48. The number of hydrogen-bond acceptors (Lipinski definition) is 3. The van der Waals surface area contributed by atoms with Gasteiger partial charge in [-0.05, 0) is 25.1 Å². The molecule has 1 amide bonds. The van der Waals surface area contributed by atoms with Gasteiger partial charge in [-0.25, -0.2) is 4.98 Å². The van der Waals surface area contributed by atoms with Crippen molar-refractivity contribution in [2.45, 2.75) is 13.0 Å². The number of pyridine rings is 1. The van der Waals surface area contributed by atoms with Crippen molar-refractivity contribution in [3.63, 3.8) is 0 Å². The zero-order valence-electron chi connectivity index (χ0n) is 10.8. The molecular weight excluding hydrogens is 264 g/mol. The number of benzene rings is 1. The third kappa shape index (κ3) is 2.85. The van der Waals surface area contributed by atoms with Crippen LogP contribution in [-0.4, -0.2) is 40.6 Å².